The third kappa shape index (κ3) is 4.62. The summed E-state index contributed by atoms with van der Waals surface area (Å²) in [6, 6.07) is 11.7. The Bertz CT molecular complexity index is 972. The second-order valence-corrected chi connectivity index (χ2v) is 6.49. The van der Waals surface area contributed by atoms with Gasteiger partial charge in [0, 0.05) is 6.08 Å². The summed E-state index contributed by atoms with van der Waals surface area (Å²) in [5.74, 6) is -0.353. The largest absolute Gasteiger partial charge is 0.493 e. The zero-order valence-corrected chi connectivity index (χ0v) is 14.8. The number of carbonyl (C=O) groups excluding carboxylic acids is 1. The van der Waals surface area contributed by atoms with E-state index >= 15 is 0 Å². The van der Waals surface area contributed by atoms with E-state index in [2.05, 4.69) is 4.74 Å². The molecule has 0 fully saturated rings. The average Bonchev–Trinajstić information content (AvgIpc) is 2.66. The number of nitriles is 1. The van der Waals surface area contributed by atoms with Crippen molar-refractivity contribution in [2.24, 2.45) is 0 Å². The summed E-state index contributed by atoms with van der Waals surface area (Å²) in [6.45, 7) is 0. The minimum Gasteiger partial charge on any atom is -0.493 e. The van der Waals surface area contributed by atoms with Crippen molar-refractivity contribution >= 4 is 22.2 Å². The van der Waals surface area contributed by atoms with Crippen LogP contribution in [0.25, 0.3) is 6.08 Å². The van der Waals surface area contributed by atoms with Gasteiger partial charge in [-0.2, -0.15) is 13.7 Å². The Morgan fingerprint density at radius 2 is 1.77 bits per heavy atom. The molecule has 0 unspecified atom stereocenters. The Kier molecular flexibility index (Phi) is 5.98. The Morgan fingerprint density at radius 1 is 1.08 bits per heavy atom. The summed E-state index contributed by atoms with van der Waals surface area (Å²) in [6.07, 6.45) is 2.72. The van der Waals surface area contributed by atoms with Crippen LogP contribution in [-0.4, -0.2) is 28.6 Å². The highest BCUT2D eigenvalue weighted by Gasteiger charge is 2.19. The molecule has 134 valence electrons. The number of rotatable bonds is 6. The van der Waals surface area contributed by atoms with E-state index in [0.29, 0.717) is 11.1 Å². The lowest BCUT2D eigenvalue weighted by atomic mass is 10.2. The molecule has 0 spiro atoms. The van der Waals surface area contributed by atoms with Gasteiger partial charge in [0.2, 0.25) is 0 Å². The smallest absolute Gasteiger partial charge is 0.339 e. The van der Waals surface area contributed by atoms with Gasteiger partial charge in [0.05, 0.1) is 25.9 Å². The summed E-state index contributed by atoms with van der Waals surface area (Å²) in [7, 11) is -1.47. The fraction of sp³-hybridized carbons (Fsp3) is 0.111. The molecule has 2 rings (SSSR count). The molecule has 0 amide bonds. The summed E-state index contributed by atoms with van der Waals surface area (Å²) >= 11 is 0. The van der Waals surface area contributed by atoms with Gasteiger partial charge in [-0.05, 0) is 48.0 Å². The third-order valence-corrected chi connectivity index (χ3v) is 4.52. The molecule has 7 nitrogen and oxygen atoms in total. The molecule has 0 aromatic heterocycles. The van der Waals surface area contributed by atoms with E-state index in [1.807, 2.05) is 6.07 Å². The zero-order valence-electron chi connectivity index (χ0n) is 14.0. The van der Waals surface area contributed by atoms with E-state index in [-0.39, 0.29) is 16.4 Å². The summed E-state index contributed by atoms with van der Waals surface area (Å²) < 4.78 is 39.5. The lowest BCUT2D eigenvalue weighted by molar-refractivity contribution is -0.134. The van der Waals surface area contributed by atoms with E-state index in [4.69, 9.17) is 14.2 Å². The number of methoxy groups -OCH3 is 2. The van der Waals surface area contributed by atoms with Gasteiger partial charge in [0.1, 0.15) is 4.90 Å². The van der Waals surface area contributed by atoms with Crippen LogP contribution in [-0.2, 0) is 19.6 Å². The molecule has 2 aromatic carbocycles. The Hall–Kier alpha value is -3.31. The summed E-state index contributed by atoms with van der Waals surface area (Å²) in [5.41, 5.74) is 0.929. The predicted molar refractivity (Wildman–Crippen MR) is 93.0 cm³/mol. The maximum absolute atomic E-state index is 12.4. The molecule has 2 aromatic rings. The highest BCUT2D eigenvalue weighted by atomic mass is 32.2. The van der Waals surface area contributed by atoms with Crippen molar-refractivity contribution in [3.8, 4) is 17.6 Å². The molecular weight excluding hydrogens is 358 g/mol. The van der Waals surface area contributed by atoms with Gasteiger partial charge in [0.25, 0.3) is 0 Å². The van der Waals surface area contributed by atoms with Gasteiger partial charge in [-0.25, -0.2) is 4.79 Å². The first-order valence-electron chi connectivity index (χ1n) is 7.28. The monoisotopic (exact) mass is 373 g/mol. The lowest BCUT2D eigenvalue weighted by Gasteiger charge is -2.11. The van der Waals surface area contributed by atoms with Crippen LogP contribution in [0, 0.1) is 11.3 Å². The van der Waals surface area contributed by atoms with Crippen LogP contribution in [0.3, 0.4) is 0 Å². The first-order valence-corrected chi connectivity index (χ1v) is 8.69. The van der Waals surface area contributed by atoms with Crippen LogP contribution in [0.5, 0.6) is 11.5 Å². The molecule has 0 bridgehead atoms. The topological polar surface area (TPSA) is 103 Å². The first kappa shape index (κ1) is 19.0. The Balaban J connectivity index is 2.28. The van der Waals surface area contributed by atoms with Crippen molar-refractivity contribution in [1.29, 1.82) is 5.26 Å². The average molecular weight is 373 g/mol. The molecule has 0 atom stereocenters. The van der Waals surface area contributed by atoms with Gasteiger partial charge in [0.15, 0.2) is 11.5 Å². The quantitative estimate of drug-likeness (QED) is 0.435. The van der Waals surface area contributed by atoms with Gasteiger partial charge >= 0.3 is 16.1 Å². The minimum absolute atomic E-state index is 0.00734. The fourth-order valence-electron chi connectivity index (χ4n) is 1.95. The number of hydrogen-bond acceptors (Lipinski definition) is 7. The number of carbonyl (C=O) groups is 1. The van der Waals surface area contributed by atoms with Crippen molar-refractivity contribution in [1.82, 2.24) is 0 Å². The van der Waals surface area contributed by atoms with E-state index in [1.54, 1.807) is 6.07 Å². The molecular formula is C18H15NO6S. The van der Waals surface area contributed by atoms with Gasteiger partial charge in [-0.15, -0.1) is 0 Å². The maximum atomic E-state index is 12.4. The normalized spacial score (nSPS) is 11.0. The van der Waals surface area contributed by atoms with Crippen LogP contribution in [0.4, 0.5) is 0 Å². The number of esters is 1. The second kappa shape index (κ2) is 8.18. The molecule has 0 aliphatic heterocycles. The molecule has 26 heavy (non-hydrogen) atoms. The SMILES string of the molecule is COC(=O)/C=C/c1ccc(OS(=O)(=O)c2ccc(C#N)cc2)c(OC)c1. The van der Waals surface area contributed by atoms with E-state index in [1.165, 1.54) is 62.8 Å². The van der Waals surface area contributed by atoms with Crippen LogP contribution >= 0.6 is 0 Å². The van der Waals surface area contributed by atoms with Crippen LogP contribution in [0.2, 0.25) is 0 Å². The van der Waals surface area contributed by atoms with Crippen LogP contribution in [0.1, 0.15) is 11.1 Å². The number of benzene rings is 2. The Morgan fingerprint density at radius 3 is 2.35 bits per heavy atom. The standard InChI is InChI=1S/C18H15NO6S/c1-23-17-11-13(6-10-18(20)24-2)5-9-16(17)25-26(21,22)15-7-3-14(12-19)4-8-15/h3-11H,1-2H3/b10-6+. The van der Waals surface area contributed by atoms with E-state index in [9.17, 15) is 13.2 Å². The highest BCUT2D eigenvalue weighted by Crippen LogP contribution is 2.31. The highest BCUT2D eigenvalue weighted by molar-refractivity contribution is 7.87. The molecule has 0 aliphatic carbocycles. The van der Waals surface area contributed by atoms with E-state index in [0.717, 1.165) is 0 Å². The second-order valence-electron chi connectivity index (χ2n) is 4.94. The molecule has 0 radical (unpaired) electrons. The molecule has 0 N–H and O–H groups in total. The lowest BCUT2D eigenvalue weighted by Crippen LogP contribution is -2.10. The molecule has 0 saturated heterocycles. The Labute approximate surface area is 151 Å². The zero-order chi connectivity index (χ0) is 19.2. The summed E-state index contributed by atoms with van der Waals surface area (Å²) in [4.78, 5) is 11.0. The summed E-state index contributed by atoms with van der Waals surface area (Å²) in [5, 5.41) is 8.77. The van der Waals surface area contributed by atoms with Gasteiger partial charge < -0.3 is 13.7 Å². The van der Waals surface area contributed by atoms with Crippen molar-refractivity contribution in [2.75, 3.05) is 14.2 Å². The van der Waals surface area contributed by atoms with E-state index < -0.39 is 16.1 Å². The fourth-order valence-corrected chi connectivity index (χ4v) is 2.89. The number of hydrogen-bond donors (Lipinski definition) is 0. The van der Waals surface area contributed by atoms with Crippen LogP contribution in [0.15, 0.2) is 53.4 Å². The minimum atomic E-state index is -4.09. The van der Waals surface area contributed by atoms with Crippen molar-refractivity contribution in [3.63, 3.8) is 0 Å². The molecule has 0 heterocycles. The maximum Gasteiger partial charge on any atom is 0.339 e. The molecule has 8 heteroatoms. The predicted octanol–water partition coefficient (Wildman–Crippen LogP) is 2.52. The van der Waals surface area contributed by atoms with Gasteiger partial charge in [-0.1, -0.05) is 6.07 Å². The van der Waals surface area contributed by atoms with Crippen LogP contribution < -0.4 is 8.92 Å². The van der Waals surface area contributed by atoms with Crippen molar-refractivity contribution < 1.29 is 26.9 Å². The third-order valence-electron chi connectivity index (χ3n) is 3.27. The number of nitrogens with zero attached hydrogens (tertiary/aromatic N) is 1. The van der Waals surface area contributed by atoms with Gasteiger partial charge in [-0.3, -0.25) is 0 Å². The molecule has 0 saturated carbocycles. The van der Waals surface area contributed by atoms with Crippen molar-refractivity contribution in [2.45, 2.75) is 4.90 Å². The molecule has 0 aliphatic rings. The first-order chi connectivity index (χ1) is 12.4. The van der Waals surface area contributed by atoms with Crippen molar-refractivity contribution in [3.05, 3.63) is 59.7 Å². The number of ether oxygens (including phenoxy) is 2.